The van der Waals surface area contributed by atoms with Crippen LogP contribution in [0.2, 0.25) is 0 Å². The lowest BCUT2D eigenvalue weighted by Crippen LogP contribution is -2.29. The van der Waals surface area contributed by atoms with Crippen LogP contribution in [-0.4, -0.2) is 31.2 Å². The quantitative estimate of drug-likeness (QED) is 0.374. The van der Waals surface area contributed by atoms with E-state index in [1.807, 2.05) is 0 Å². The molecule has 2 nitrogen and oxygen atoms in total. The molecule has 0 saturated carbocycles. The first-order valence-electron chi connectivity index (χ1n) is 9.28. The second-order valence-corrected chi connectivity index (χ2v) is 6.46. The van der Waals surface area contributed by atoms with E-state index in [9.17, 15) is 0 Å². The first kappa shape index (κ1) is 20.5. The van der Waals surface area contributed by atoms with Crippen molar-refractivity contribution >= 4 is 5.70 Å². The molecular formula is C22H35NO. The number of hydrogen-bond donors (Lipinski definition) is 0. The Morgan fingerprint density at radius 3 is 2.38 bits per heavy atom. The van der Waals surface area contributed by atoms with Gasteiger partial charge < -0.3 is 9.64 Å². The summed E-state index contributed by atoms with van der Waals surface area (Å²) in [7, 11) is 0. The maximum absolute atomic E-state index is 5.64. The number of nitrogens with zero attached hydrogens (tertiary/aromatic N) is 1. The van der Waals surface area contributed by atoms with Gasteiger partial charge in [0.25, 0.3) is 0 Å². The lowest BCUT2D eigenvalue weighted by atomic mass is 9.97. The smallest absolute Gasteiger partial charge is 0.0641 e. The predicted molar refractivity (Wildman–Crippen MR) is 106 cm³/mol. The zero-order valence-electron chi connectivity index (χ0n) is 16.3. The van der Waals surface area contributed by atoms with Gasteiger partial charge in [0.05, 0.1) is 6.61 Å². The summed E-state index contributed by atoms with van der Waals surface area (Å²) in [6.45, 7) is 18.5. The fourth-order valence-corrected chi connectivity index (χ4v) is 2.86. The Labute approximate surface area is 149 Å². The minimum atomic E-state index is 0.765. The van der Waals surface area contributed by atoms with Crippen LogP contribution < -0.4 is 0 Å². The van der Waals surface area contributed by atoms with E-state index in [0.717, 1.165) is 31.9 Å². The van der Waals surface area contributed by atoms with Crippen LogP contribution in [-0.2, 0) is 4.74 Å². The number of allylic oxidation sites excluding steroid dienone is 2. The van der Waals surface area contributed by atoms with Crippen molar-refractivity contribution in [2.75, 3.05) is 26.3 Å². The van der Waals surface area contributed by atoms with Gasteiger partial charge in [0.1, 0.15) is 0 Å². The molecule has 0 aromatic heterocycles. The third kappa shape index (κ3) is 6.16. The molecule has 24 heavy (non-hydrogen) atoms. The van der Waals surface area contributed by atoms with E-state index < -0.39 is 0 Å². The molecule has 1 aromatic rings. The second-order valence-electron chi connectivity index (χ2n) is 6.46. The van der Waals surface area contributed by atoms with E-state index in [1.165, 1.54) is 41.7 Å². The molecular weight excluding hydrogens is 294 g/mol. The first-order chi connectivity index (χ1) is 11.5. The van der Waals surface area contributed by atoms with Gasteiger partial charge in [0.2, 0.25) is 0 Å². The summed E-state index contributed by atoms with van der Waals surface area (Å²) in [4.78, 5) is 2.50. The normalized spacial score (nSPS) is 12.0. The van der Waals surface area contributed by atoms with Crippen LogP contribution in [0.5, 0.6) is 0 Å². The standard InChI is InChI=1S/C22H35NO/c1-7-9-12-15-23(16-17-24-8-2)22(20(6)18(3)4)21-14-11-10-13-19(21)5/h10-11,13-14H,3,7-9,12,15-17H2,1-2,4-6H3/b22-20+. The summed E-state index contributed by atoms with van der Waals surface area (Å²) < 4.78 is 5.64. The Morgan fingerprint density at radius 1 is 1.08 bits per heavy atom. The Hall–Kier alpha value is -1.54. The highest BCUT2D eigenvalue weighted by Crippen LogP contribution is 2.29. The monoisotopic (exact) mass is 329 g/mol. The van der Waals surface area contributed by atoms with Gasteiger partial charge >= 0.3 is 0 Å². The highest BCUT2D eigenvalue weighted by molar-refractivity contribution is 5.72. The van der Waals surface area contributed by atoms with Crippen molar-refractivity contribution in [2.24, 2.45) is 0 Å². The largest absolute Gasteiger partial charge is 0.380 e. The van der Waals surface area contributed by atoms with Crippen LogP contribution in [0.4, 0.5) is 0 Å². The molecule has 0 amide bonds. The third-order valence-electron chi connectivity index (χ3n) is 4.45. The van der Waals surface area contributed by atoms with Gasteiger partial charge in [-0.05, 0) is 45.3 Å². The number of rotatable bonds is 11. The van der Waals surface area contributed by atoms with Crippen LogP contribution >= 0.6 is 0 Å². The molecule has 0 heterocycles. The van der Waals surface area contributed by atoms with Gasteiger partial charge in [-0.1, -0.05) is 56.2 Å². The molecule has 134 valence electrons. The van der Waals surface area contributed by atoms with Crippen LogP contribution in [0.1, 0.15) is 58.1 Å². The first-order valence-corrected chi connectivity index (χ1v) is 9.28. The Bertz CT molecular complexity index is 535. The Kier molecular flexibility index (Phi) is 9.48. The number of hydrogen-bond acceptors (Lipinski definition) is 2. The molecule has 1 aromatic carbocycles. The van der Waals surface area contributed by atoms with Crippen LogP contribution in [0.15, 0.2) is 42.0 Å². The number of aryl methyl sites for hydroxylation is 1. The molecule has 0 unspecified atom stereocenters. The van der Waals surface area contributed by atoms with Crippen molar-refractivity contribution in [3.8, 4) is 0 Å². The van der Waals surface area contributed by atoms with E-state index in [0.29, 0.717) is 0 Å². The molecule has 0 saturated heterocycles. The molecule has 0 fully saturated rings. The van der Waals surface area contributed by atoms with Crippen LogP contribution in [0.3, 0.4) is 0 Å². The summed E-state index contributed by atoms with van der Waals surface area (Å²) in [5, 5.41) is 0. The van der Waals surface area contributed by atoms with Gasteiger partial charge in [-0.2, -0.15) is 0 Å². The second kappa shape index (κ2) is 11.1. The lowest BCUT2D eigenvalue weighted by Gasteiger charge is -2.31. The van der Waals surface area contributed by atoms with E-state index in [2.05, 4.69) is 70.4 Å². The Morgan fingerprint density at radius 2 is 1.79 bits per heavy atom. The molecule has 2 heteroatoms. The Balaban J connectivity index is 3.21. The van der Waals surface area contributed by atoms with Crippen molar-refractivity contribution in [1.29, 1.82) is 0 Å². The van der Waals surface area contributed by atoms with Gasteiger partial charge in [-0.15, -0.1) is 0 Å². The van der Waals surface area contributed by atoms with Crippen LogP contribution in [0, 0.1) is 6.92 Å². The molecule has 0 bridgehead atoms. The van der Waals surface area contributed by atoms with Crippen molar-refractivity contribution < 1.29 is 4.74 Å². The lowest BCUT2D eigenvalue weighted by molar-refractivity contribution is 0.129. The van der Waals surface area contributed by atoms with E-state index in [1.54, 1.807) is 0 Å². The van der Waals surface area contributed by atoms with Crippen molar-refractivity contribution in [1.82, 2.24) is 4.90 Å². The summed E-state index contributed by atoms with van der Waals surface area (Å²) in [6, 6.07) is 8.65. The summed E-state index contributed by atoms with van der Waals surface area (Å²) in [5.41, 5.74) is 6.34. The molecule has 0 spiro atoms. The third-order valence-corrected chi connectivity index (χ3v) is 4.45. The highest BCUT2D eigenvalue weighted by Gasteiger charge is 2.16. The zero-order chi connectivity index (χ0) is 17.9. The van der Waals surface area contributed by atoms with Gasteiger partial charge in [0.15, 0.2) is 0 Å². The topological polar surface area (TPSA) is 12.5 Å². The maximum Gasteiger partial charge on any atom is 0.0641 e. The molecule has 0 atom stereocenters. The van der Waals surface area contributed by atoms with E-state index in [4.69, 9.17) is 4.74 Å². The number of ether oxygens (including phenoxy) is 1. The summed E-state index contributed by atoms with van der Waals surface area (Å²) >= 11 is 0. The summed E-state index contributed by atoms with van der Waals surface area (Å²) in [5.74, 6) is 0. The fourth-order valence-electron chi connectivity index (χ4n) is 2.86. The minimum absolute atomic E-state index is 0.765. The maximum atomic E-state index is 5.64. The number of benzene rings is 1. The molecule has 0 N–H and O–H groups in total. The molecule has 0 radical (unpaired) electrons. The van der Waals surface area contributed by atoms with Crippen molar-refractivity contribution in [3.05, 3.63) is 53.1 Å². The van der Waals surface area contributed by atoms with Crippen LogP contribution in [0.25, 0.3) is 5.70 Å². The molecule has 0 aliphatic carbocycles. The van der Waals surface area contributed by atoms with E-state index >= 15 is 0 Å². The average Bonchev–Trinajstić information content (AvgIpc) is 2.56. The van der Waals surface area contributed by atoms with Gasteiger partial charge in [0, 0.05) is 31.0 Å². The highest BCUT2D eigenvalue weighted by atomic mass is 16.5. The van der Waals surface area contributed by atoms with Gasteiger partial charge in [-0.25, -0.2) is 0 Å². The SMILES string of the molecule is C=C(C)/C(C)=C(\c1ccccc1C)N(CCCCC)CCOCC. The van der Waals surface area contributed by atoms with Gasteiger partial charge in [-0.3, -0.25) is 0 Å². The molecule has 1 rings (SSSR count). The summed E-state index contributed by atoms with van der Waals surface area (Å²) in [6.07, 6.45) is 3.71. The average molecular weight is 330 g/mol. The zero-order valence-corrected chi connectivity index (χ0v) is 16.3. The predicted octanol–water partition coefficient (Wildman–Crippen LogP) is 5.83. The number of unbranched alkanes of at least 4 members (excludes halogenated alkanes) is 2. The van der Waals surface area contributed by atoms with Crippen molar-refractivity contribution in [3.63, 3.8) is 0 Å². The fraction of sp³-hybridized carbons (Fsp3) is 0.545. The minimum Gasteiger partial charge on any atom is -0.380 e. The van der Waals surface area contributed by atoms with Crippen molar-refractivity contribution in [2.45, 2.75) is 53.9 Å². The molecule has 0 aliphatic heterocycles. The molecule has 0 aliphatic rings. The van der Waals surface area contributed by atoms with E-state index in [-0.39, 0.29) is 0 Å².